The van der Waals surface area contributed by atoms with E-state index in [2.05, 4.69) is 0 Å². The molecule has 0 rings (SSSR count). The zero-order valence-corrected chi connectivity index (χ0v) is 5.94. The molecule has 0 unspecified atom stereocenters. The van der Waals surface area contributed by atoms with Crippen LogP contribution in [0.15, 0.2) is 0 Å². The third-order valence-electron chi connectivity index (χ3n) is 0.781. The van der Waals surface area contributed by atoms with Crippen LogP contribution in [0.2, 0.25) is 5.21 Å². The molecule has 0 aliphatic heterocycles. The van der Waals surface area contributed by atoms with Gasteiger partial charge < -0.3 is 5.11 Å². The maximum atomic E-state index is 10.1. The minimum atomic E-state index is -1.57. The zero-order chi connectivity index (χ0) is 7.49. The van der Waals surface area contributed by atoms with Gasteiger partial charge in [0.2, 0.25) is 0 Å². The monoisotopic (exact) mass is 140 g/mol. The number of carbonyl (C=O) groups is 1. The van der Waals surface area contributed by atoms with Crippen molar-refractivity contribution in [2.75, 3.05) is 12.0 Å². The fourth-order valence-corrected chi connectivity index (χ4v) is 0.902. The van der Waals surface area contributed by atoms with Gasteiger partial charge in [-0.3, -0.25) is 4.79 Å². The molecule has 0 saturated heterocycles. The van der Waals surface area contributed by atoms with Crippen LogP contribution in [-0.2, 0) is 4.79 Å². The number of carboxylic acids is 1. The van der Waals surface area contributed by atoms with Crippen LogP contribution in [0.5, 0.6) is 0 Å². The Bertz CT molecular complexity index is 115. The molecular weight excluding hydrogens is 134 g/mol. The van der Waals surface area contributed by atoms with Crippen LogP contribution in [0.3, 0.4) is 0 Å². The quantitative estimate of drug-likeness (QED) is 0.555. The van der Waals surface area contributed by atoms with E-state index in [9.17, 15) is 4.79 Å². The third-order valence-corrected chi connectivity index (χ3v) is 1.55. The molecule has 0 aromatic carbocycles. The SMILES string of the molecule is [B]C([B])(CSC)C(=O)O. The van der Waals surface area contributed by atoms with Crippen molar-refractivity contribution in [2.45, 2.75) is 5.21 Å². The average molecular weight is 140 g/mol. The van der Waals surface area contributed by atoms with E-state index in [1.165, 1.54) is 11.8 Å². The van der Waals surface area contributed by atoms with Gasteiger partial charge in [0, 0.05) is 5.21 Å². The second-order valence-electron chi connectivity index (χ2n) is 1.78. The first-order valence-electron chi connectivity index (χ1n) is 2.31. The van der Waals surface area contributed by atoms with Crippen molar-refractivity contribution in [3.05, 3.63) is 0 Å². The maximum Gasteiger partial charge on any atom is 0.293 e. The highest BCUT2D eigenvalue weighted by molar-refractivity contribution is 7.98. The first kappa shape index (κ1) is 8.95. The summed E-state index contributed by atoms with van der Waals surface area (Å²) in [4.78, 5) is 10.1. The van der Waals surface area contributed by atoms with Crippen LogP contribution in [-0.4, -0.2) is 38.8 Å². The third kappa shape index (κ3) is 2.84. The molecule has 0 atom stereocenters. The van der Waals surface area contributed by atoms with Crippen LogP contribution in [0.1, 0.15) is 0 Å². The fraction of sp³-hybridized carbons (Fsp3) is 0.750. The summed E-state index contributed by atoms with van der Waals surface area (Å²) in [5, 5.41) is 6.74. The standard InChI is InChI=1S/C4H6B2O2S/c1-9-2-4(5,6)3(7)8/h2H2,1H3,(H,7,8). The Morgan fingerprint density at radius 3 is 2.33 bits per heavy atom. The Kier molecular flexibility index (Phi) is 3.18. The van der Waals surface area contributed by atoms with E-state index in [0.717, 1.165) is 0 Å². The molecule has 2 nitrogen and oxygen atoms in total. The van der Waals surface area contributed by atoms with Gasteiger partial charge in [-0.05, 0) is 12.0 Å². The van der Waals surface area contributed by atoms with Gasteiger partial charge in [-0.1, -0.05) is 0 Å². The number of carboxylic acid groups (broad SMARTS) is 1. The fourth-order valence-electron chi connectivity index (χ4n) is 0.301. The molecule has 0 fully saturated rings. The summed E-state index contributed by atoms with van der Waals surface area (Å²) >= 11 is 1.31. The molecule has 0 saturated carbocycles. The predicted octanol–water partition coefficient (Wildman–Crippen LogP) is -0.113. The van der Waals surface area contributed by atoms with Crippen LogP contribution in [0.25, 0.3) is 0 Å². The van der Waals surface area contributed by atoms with E-state index in [1.807, 2.05) is 0 Å². The number of thioether (sulfide) groups is 1. The molecule has 0 amide bonds. The molecule has 9 heavy (non-hydrogen) atoms. The van der Waals surface area contributed by atoms with Gasteiger partial charge in [-0.25, -0.2) is 0 Å². The first-order valence-corrected chi connectivity index (χ1v) is 3.70. The molecule has 4 radical (unpaired) electrons. The number of aliphatic carboxylic acids is 1. The van der Waals surface area contributed by atoms with Crippen molar-refractivity contribution in [3.63, 3.8) is 0 Å². The van der Waals surface area contributed by atoms with Crippen molar-refractivity contribution >= 4 is 33.4 Å². The Labute approximate surface area is 61.2 Å². The Morgan fingerprint density at radius 1 is 1.78 bits per heavy atom. The molecule has 0 aliphatic rings. The van der Waals surface area contributed by atoms with Gasteiger partial charge >= 0.3 is 0 Å². The lowest BCUT2D eigenvalue weighted by Gasteiger charge is -2.17. The molecule has 0 heterocycles. The van der Waals surface area contributed by atoms with E-state index in [0.29, 0.717) is 0 Å². The van der Waals surface area contributed by atoms with Gasteiger partial charge in [0.15, 0.2) is 0 Å². The van der Waals surface area contributed by atoms with E-state index in [4.69, 9.17) is 20.8 Å². The van der Waals surface area contributed by atoms with Crippen LogP contribution in [0.4, 0.5) is 0 Å². The van der Waals surface area contributed by atoms with Gasteiger partial charge in [0.1, 0.15) is 0 Å². The summed E-state index contributed by atoms with van der Waals surface area (Å²) in [6.45, 7) is 0. The second-order valence-corrected chi connectivity index (χ2v) is 2.64. The Hall–Kier alpha value is -0.0501. The van der Waals surface area contributed by atoms with Crippen molar-refractivity contribution in [2.24, 2.45) is 0 Å². The van der Waals surface area contributed by atoms with Crippen LogP contribution >= 0.6 is 11.8 Å². The topological polar surface area (TPSA) is 37.3 Å². The van der Waals surface area contributed by atoms with Gasteiger partial charge in [-0.2, -0.15) is 11.8 Å². The molecule has 0 aliphatic carbocycles. The van der Waals surface area contributed by atoms with Crippen LogP contribution < -0.4 is 0 Å². The molecule has 0 spiro atoms. The van der Waals surface area contributed by atoms with Crippen molar-refractivity contribution in [1.82, 2.24) is 0 Å². The van der Waals surface area contributed by atoms with E-state index in [1.54, 1.807) is 6.26 Å². The maximum absolute atomic E-state index is 10.1. The number of hydrogen-bond donors (Lipinski definition) is 1. The van der Waals surface area contributed by atoms with Crippen molar-refractivity contribution < 1.29 is 9.90 Å². The highest BCUT2D eigenvalue weighted by atomic mass is 32.2. The summed E-state index contributed by atoms with van der Waals surface area (Å²) in [6.07, 6.45) is 1.75. The van der Waals surface area contributed by atoms with Crippen LogP contribution in [0, 0.1) is 0 Å². The first-order chi connectivity index (χ1) is 4.00. The van der Waals surface area contributed by atoms with Gasteiger partial charge in [0.25, 0.3) is 5.97 Å². The molecular formula is C4H6B2O2S. The predicted molar refractivity (Wildman–Crippen MR) is 40.2 cm³/mol. The lowest BCUT2D eigenvalue weighted by Crippen LogP contribution is -2.26. The minimum absolute atomic E-state index is 0.225. The lowest BCUT2D eigenvalue weighted by atomic mass is 9.56. The minimum Gasteiger partial charge on any atom is -0.482 e. The number of hydrogen-bond acceptors (Lipinski definition) is 2. The molecule has 5 heteroatoms. The molecule has 46 valence electrons. The summed E-state index contributed by atoms with van der Waals surface area (Å²) < 4.78 is 0. The van der Waals surface area contributed by atoms with Gasteiger partial charge in [0.05, 0.1) is 15.7 Å². The molecule has 0 bridgehead atoms. The smallest absolute Gasteiger partial charge is 0.293 e. The zero-order valence-electron chi connectivity index (χ0n) is 5.13. The molecule has 0 aromatic heterocycles. The number of rotatable bonds is 3. The Balaban J connectivity index is 3.85. The lowest BCUT2D eigenvalue weighted by molar-refractivity contribution is -0.137. The highest BCUT2D eigenvalue weighted by Crippen LogP contribution is 2.20. The largest absolute Gasteiger partial charge is 0.482 e. The average Bonchev–Trinajstić information content (AvgIpc) is 1.65. The molecule has 0 aromatic rings. The van der Waals surface area contributed by atoms with Gasteiger partial charge in [-0.15, -0.1) is 0 Å². The normalized spacial score (nSPS) is 11.2. The van der Waals surface area contributed by atoms with E-state index >= 15 is 0 Å². The van der Waals surface area contributed by atoms with E-state index in [-0.39, 0.29) is 5.75 Å². The summed E-state index contributed by atoms with van der Waals surface area (Å²) in [5.74, 6) is -0.945. The van der Waals surface area contributed by atoms with Crippen molar-refractivity contribution in [3.8, 4) is 0 Å². The summed E-state index contributed by atoms with van der Waals surface area (Å²) in [6, 6.07) is 0. The highest BCUT2D eigenvalue weighted by Gasteiger charge is 2.24. The Morgan fingerprint density at radius 2 is 2.22 bits per heavy atom. The summed E-state index contributed by atoms with van der Waals surface area (Å²) in [7, 11) is 10.3. The van der Waals surface area contributed by atoms with E-state index < -0.39 is 11.2 Å². The molecule has 1 N–H and O–H groups in total. The van der Waals surface area contributed by atoms with Crippen molar-refractivity contribution in [1.29, 1.82) is 0 Å². The second kappa shape index (κ2) is 3.20. The summed E-state index contributed by atoms with van der Waals surface area (Å²) in [5.41, 5.74) is 0.